The first-order valence-corrected chi connectivity index (χ1v) is 41.5. The van der Waals surface area contributed by atoms with E-state index >= 15 is 0 Å². The summed E-state index contributed by atoms with van der Waals surface area (Å²) in [5.74, 6) is -11.9. The quantitative estimate of drug-likeness (QED) is 0.00390. The first-order valence-electron chi connectivity index (χ1n) is 39.0. The fourth-order valence-corrected chi connectivity index (χ4v) is 15.4. The van der Waals surface area contributed by atoms with E-state index in [4.69, 9.17) is 21.6 Å². The monoisotopic (exact) mass is 1700 g/mol. The number of ketones is 1. The fourth-order valence-electron chi connectivity index (χ4n) is 13.7. The van der Waals surface area contributed by atoms with Crippen LogP contribution >= 0.6 is 11.8 Å². The molecule has 6 atom stereocenters. The van der Waals surface area contributed by atoms with Crippen LogP contribution in [-0.2, 0) is 88.4 Å². The van der Waals surface area contributed by atoms with Gasteiger partial charge in [0.25, 0.3) is 16.6 Å². The second-order valence-corrected chi connectivity index (χ2v) is 31.8. The number of azo groups is 1. The van der Waals surface area contributed by atoms with Gasteiger partial charge in [0, 0.05) is 107 Å². The van der Waals surface area contributed by atoms with Crippen LogP contribution in [0, 0.1) is 25.2 Å². The zero-order chi connectivity index (χ0) is 87.2. The van der Waals surface area contributed by atoms with Crippen molar-refractivity contribution in [2.45, 2.75) is 132 Å². The van der Waals surface area contributed by atoms with Gasteiger partial charge in [0.05, 0.1) is 54.2 Å². The predicted octanol–water partition coefficient (Wildman–Crippen LogP) is 1.60. The molecule has 0 aliphatic carbocycles. The standard InChI is InChI=1S/C79H102N18O21S2/c1-47-35-50(51-17-21-56(48(2)36-51)92-93-57-22-18-53-64(120(115,116)117)23-19-54(80)72(53)73(57)109)16-20-55(47)89-76(112)59(87-67(102)42-94-29-30-95(43-71(107)108)32-34-96(33-31-94)45-118-46-98)13-6-8-25-83-65(100)24-28-97-69(104)40-63(78(97)114)119-44-68(103)84-26-9-7-14-60-77(113)91-58(15-10-27-85-79(81)82)75(111)86-41-66(101)88-61(39-70(105)106)62(99)38-52(74(110)90-60)37-49-11-4-3-5-12-49/h3-5,11-12,16-23,35-36,46,52,58-61,63,109H,6-10,13-15,24-34,37-45,80H2,1-2H3,(H,83,100)(H,84,103)(H,86,111)(H,87,102)(H,88,101)(H,89,112)(H,90,110)(H,91,113)(H,105,106)(H,107,108)(H4,81,82,85)(H,115,116,117)/t52-,58+,59-,60-,61+,63?/m1/s1. The van der Waals surface area contributed by atoms with Crippen LogP contribution in [0.5, 0.6) is 5.75 Å². The maximum atomic E-state index is 14.4. The van der Waals surface area contributed by atoms with E-state index in [1.807, 2.05) is 12.1 Å². The third-order valence-corrected chi connectivity index (χ3v) is 22.3. The number of aromatic hydroxyl groups is 1. The van der Waals surface area contributed by atoms with Crippen LogP contribution in [0.1, 0.15) is 93.7 Å². The lowest BCUT2D eigenvalue weighted by Crippen LogP contribution is -2.55. The number of aryl methyl sites for hydroxylation is 2. The average molecular weight is 1700 g/mol. The topological polar surface area (TPSA) is 585 Å². The number of phenols is 1. The number of carboxylic acids is 2. The molecule has 5 aromatic rings. The Bertz CT molecular complexity index is 4750. The number of nitrogens with two attached hydrogens (primary N) is 2. The highest BCUT2D eigenvalue weighted by atomic mass is 32.2. The summed E-state index contributed by atoms with van der Waals surface area (Å²) in [4.78, 5) is 191. The largest absolute Gasteiger partial charge is 0.505 e. The average Bonchev–Trinajstić information content (AvgIpc) is 0.922. The van der Waals surface area contributed by atoms with Gasteiger partial charge in [-0.3, -0.25) is 96.7 Å². The molecule has 3 aliphatic heterocycles. The number of nitrogens with one attached hydrogen (secondary N) is 10. The minimum absolute atomic E-state index is 0.00993. The lowest BCUT2D eigenvalue weighted by Gasteiger charge is -2.26. The zero-order valence-electron chi connectivity index (χ0n) is 66.4. The number of anilines is 2. The highest BCUT2D eigenvalue weighted by Gasteiger charge is 2.40. The Labute approximate surface area is 695 Å². The molecule has 41 heteroatoms. The number of fused-ring (bicyclic) bond motifs is 1. The molecule has 8 rings (SSSR count). The van der Waals surface area contributed by atoms with Crippen LogP contribution < -0.4 is 59.3 Å². The van der Waals surface area contributed by atoms with Crippen LogP contribution in [0.3, 0.4) is 0 Å². The summed E-state index contributed by atoms with van der Waals surface area (Å²) in [6, 6.07) is 19.1. The minimum Gasteiger partial charge on any atom is -0.505 e. The van der Waals surface area contributed by atoms with Crippen molar-refractivity contribution >= 4 is 145 Å². The molecule has 120 heavy (non-hydrogen) atoms. The summed E-state index contributed by atoms with van der Waals surface area (Å²) in [6.07, 6.45) is -0.591. The van der Waals surface area contributed by atoms with Crippen molar-refractivity contribution in [3.8, 4) is 16.9 Å². The van der Waals surface area contributed by atoms with Gasteiger partial charge in [-0.15, -0.1) is 16.9 Å². The Morgan fingerprint density at radius 2 is 1.32 bits per heavy atom. The lowest BCUT2D eigenvalue weighted by molar-refractivity contribution is -0.141. The molecule has 39 nitrogen and oxygen atoms in total. The van der Waals surface area contributed by atoms with E-state index in [0.29, 0.717) is 80.1 Å². The maximum Gasteiger partial charge on any atom is 0.317 e. The highest BCUT2D eigenvalue weighted by Crippen LogP contribution is 2.42. The van der Waals surface area contributed by atoms with E-state index in [-0.39, 0.29) is 144 Å². The lowest BCUT2D eigenvalue weighted by atomic mass is 9.90. The third-order valence-electron chi connectivity index (χ3n) is 20.2. The number of hydrogen-bond donors (Lipinski definition) is 16. The number of hydrogen-bond acceptors (Lipinski definition) is 26. The molecule has 0 aromatic heterocycles. The zero-order valence-corrected chi connectivity index (χ0v) is 68.0. The number of carbonyl (C=O) groups is 14. The minimum atomic E-state index is -4.65. The number of unbranched alkanes of at least 4 members (excludes halogenated alkanes) is 2. The number of likely N-dealkylation sites (tertiary alicyclic amines) is 1. The van der Waals surface area contributed by atoms with Crippen molar-refractivity contribution in [2.24, 2.45) is 21.9 Å². The van der Waals surface area contributed by atoms with Gasteiger partial charge in [-0.05, 0) is 142 Å². The number of rotatable bonds is 38. The van der Waals surface area contributed by atoms with Crippen molar-refractivity contribution in [3.05, 3.63) is 108 Å². The molecule has 3 heterocycles. The van der Waals surface area contributed by atoms with Gasteiger partial charge in [0.15, 0.2) is 17.5 Å². The Morgan fingerprint density at radius 3 is 1.98 bits per heavy atom. The third kappa shape index (κ3) is 29.2. The molecule has 10 amide bonds. The van der Waals surface area contributed by atoms with E-state index in [0.717, 1.165) is 33.9 Å². The van der Waals surface area contributed by atoms with Crippen LogP contribution in [0.2, 0.25) is 0 Å². The van der Waals surface area contributed by atoms with Gasteiger partial charge in [0.2, 0.25) is 59.1 Å². The molecule has 0 spiro atoms. The number of guanidine groups is 1. The molecule has 3 fully saturated rings. The Hall–Kier alpha value is -12.1. The molecule has 0 radical (unpaired) electrons. The molecule has 5 aromatic carbocycles. The first-order chi connectivity index (χ1) is 57.2. The van der Waals surface area contributed by atoms with Gasteiger partial charge in [-0.2, -0.15) is 13.5 Å². The smallest absolute Gasteiger partial charge is 0.317 e. The van der Waals surface area contributed by atoms with Crippen LogP contribution in [0.4, 0.5) is 22.7 Å². The summed E-state index contributed by atoms with van der Waals surface area (Å²) in [5.41, 5.74) is 15.9. The molecule has 0 saturated carbocycles. The van der Waals surface area contributed by atoms with E-state index < -0.39 is 152 Å². The molecule has 1 unspecified atom stereocenters. The van der Waals surface area contributed by atoms with E-state index in [9.17, 15) is 95.4 Å². The van der Waals surface area contributed by atoms with Gasteiger partial charge >= 0.3 is 11.9 Å². The molecular weight excluding hydrogens is 1600 g/mol. The van der Waals surface area contributed by atoms with Gasteiger partial charge in [-0.1, -0.05) is 48.5 Å². The number of nitrogen functional groups attached to an aromatic ring is 1. The number of ether oxygens (including phenoxy) is 1. The normalized spacial score (nSPS) is 18.6. The number of aliphatic carboxylic acids is 2. The molecule has 18 N–H and O–H groups in total. The summed E-state index contributed by atoms with van der Waals surface area (Å²) in [7, 11) is -4.65. The number of phenolic OH excluding ortho intramolecular Hbond substituents is 1. The van der Waals surface area contributed by atoms with Crippen molar-refractivity contribution in [1.82, 2.24) is 62.1 Å². The number of carbonyl (C=O) groups excluding carboxylic acids is 12. The molecule has 646 valence electrons. The summed E-state index contributed by atoms with van der Waals surface area (Å²) in [6.45, 7) is 4.71. The number of thioether (sulfide) groups is 1. The summed E-state index contributed by atoms with van der Waals surface area (Å²) < 4.78 is 38.8. The highest BCUT2D eigenvalue weighted by molar-refractivity contribution is 8.01. The Morgan fingerprint density at radius 1 is 0.692 bits per heavy atom. The maximum absolute atomic E-state index is 14.4. The fraction of sp³-hybridized carbons (Fsp3) is 0.456. The van der Waals surface area contributed by atoms with Gasteiger partial charge in [-0.25, -0.2) is 0 Å². The van der Waals surface area contributed by atoms with Gasteiger partial charge < -0.3 is 79.4 Å². The number of Topliss-reactive ketones (excluding diaryl/α,β-unsaturated/α-hetero) is 1. The van der Waals surface area contributed by atoms with Crippen LogP contribution in [0.25, 0.3) is 21.9 Å². The molecule has 3 aliphatic rings. The molecule has 0 bridgehead atoms. The number of imide groups is 1. The van der Waals surface area contributed by atoms with E-state index in [1.54, 1.807) is 83.1 Å². The SMILES string of the molecule is Cc1cc(-c2ccc(NC(=O)[C@@H](CCCCNC(=O)CCN3C(=O)CC(SCC(=O)NCCCC[C@H]4NC(=O)[C@H](Cc5ccccc5)CC(=O)[C@H](CC(=O)O)NC(=O)CNC(=O)[C@H](CCCNC(=N)N)NC4=O)C3=O)NC(=O)CN3CCN(COC=O)CCN(CC(=O)O)CC3)c(C)c2)ccc1N=Nc1ccc2c(S(=O)(=O)O)ccc(N)c2c1O. The first kappa shape index (κ1) is 93.4. The van der Waals surface area contributed by atoms with Crippen molar-refractivity contribution in [2.75, 3.05) is 109 Å². The summed E-state index contributed by atoms with van der Waals surface area (Å²) >= 11 is 0.930. The predicted molar refractivity (Wildman–Crippen MR) is 439 cm³/mol. The van der Waals surface area contributed by atoms with Crippen LogP contribution in [-0.4, -0.2) is 264 Å². The Balaban J connectivity index is 0.834. The van der Waals surface area contributed by atoms with Crippen molar-refractivity contribution in [3.63, 3.8) is 0 Å². The number of benzene rings is 5. The number of nitrogens with zero attached hydrogens (tertiary/aromatic N) is 6. The molecule has 3 saturated heterocycles. The van der Waals surface area contributed by atoms with Crippen molar-refractivity contribution < 1.29 is 100 Å². The second kappa shape index (κ2) is 45.8. The second-order valence-electron chi connectivity index (χ2n) is 29.2. The number of amides is 10. The Kier molecular flexibility index (Phi) is 35.6. The van der Waals surface area contributed by atoms with Crippen molar-refractivity contribution in [1.29, 1.82) is 5.41 Å². The van der Waals surface area contributed by atoms with E-state index in [1.165, 1.54) is 18.2 Å². The van der Waals surface area contributed by atoms with Gasteiger partial charge in [0.1, 0.15) is 35.4 Å². The molecular formula is C79H102N18O21S2. The van der Waals surface area contributed by atoms with E-state index in [2.05, 4.69) is 58.1 Å². The summed E-state index contributed by atoms with van der Waals surface area (Å²) in [5, 5.41) is 69.5. The van der Waals surface area contributed by atoms with Crippen LogP contribution in [0.15, 0.2) is 106 Å². The number of carboxylic acid groups (broad SMARTS) is 2.